The van der Waals surface area contributed by atoms with Crippen LogP contribution in [-0.2, 0) is 158 Å². The van der Waals surface area contributed by atoms with Gasteiger partial charge in [0.1, 0.15) is 139 Å². The van der Waals surface area contributed by atoms with E-state index in [1.165, 1.54) is 105 Å². The van der Waals surface area contributed by atoms with Crippen LogP contribution in [0.1, 0.15) is 73.8 Å². The first kappa shape index (κ1) is 112. The number of rotatable bonds is 52. The number of aliphatic hydroxyl groups is 1. The molecule has 62 nitrogen and oxygen atoms in total. The molecule has 9 aromatic rings. The highest BCUT2D eigenvalue weighted by Gasteiger charge is 2.59. The van der Waals surface area contributed by atoms with E-state index in [-0.39, 0.29) is 134 Å². The van der Waals surface area contributed by atoms with Crippen molar-refractivity contribution in [2.75, 3.05) is 169 Å². The van der Waals surface area contributed by atoms with E-state index in [0.29, 0.717) is 17.6 Å². The minimum atomic E-state index is -5.95. The fourth-order valence-corrected chi connectivity index (χ4v) is 23.1. The third-order valence-corrected chi connectivity index (χ3v) is 30.5. The normalized spacial score (nSPS) is 29.1. The summed E-state index contributed by atoms with van der Waals surface area (Å²) in [7, 11) is -5.03. The molecular formula is C76H111N24O38P5S3. The number of methoxy groups -OCH3 is 5. The monoisotopic (exact) mass is 2220 g/mol. The molecule has 0 bridgehead atoms. The number of hydrogen-bond donors (Lipinski definition) is 13. The van der Waals surface area contributed by atoms with Crippen molar-refractivity contribution < 1.29 is 159 Å². The number of thiol groups is 1. The van der Waals surface area contributed by atoms with E-state index < -0.39 is 245 Å². The Balaban J connectivity index is 0.719. The van der Waals surface area contributed by atoms with E-state index in [1.54, 1.807) is 11.5 Å². The zero-order valence-corrected chi connectivity index (χ0v) is 86.2. The number of phosphoric ester groups is 2. The summed E-state index contributed by atoms with van der Waals surface area (Å²) < 4.78 is 211. The first-order valence-electron chi connectivity index (χ1n) is 44.6. The third kappa shape index (κ3) is 26.0. The molecule has 6 aliphatic heterocycles. The second-order valence-electron chi connectivity index (χ2n) is 33.4. The number of nitrogens with one attached hydrogen (secondary N) is 1. The Kier molecular flexibility index (Phi) is 37.1. The maximum absolute atomic E-state index is 15.7. The van der Waals surface area contributed by atoms with Crippen LogP contribution in [0.15, 0.2) is 69.4 Å². The van der Waals surface area contributed by atoms with E-state index in [0.717, 1.165) is 24.6 Å². The van der Waals surface area contributed by atoms with Crippen LogP contribution >= 0.6 is 48.1 Å². The standard InChI is InChI=1S/C76H111N24O38P5S3/c1-10-38-39(21-45(128-38)98-32-87-46-62(80)83-30-85-64(46)98)134-141(110,144)126-28-43-51(56(120-18-13-115-7)70(131-43)96-23-36(3)60(78)91-75(96)104)136-139(106,107)123-26-41-50(55(119-17-12-114-6)69(130-41)95-22-35(2)59(77)90-74(95)103)135-140(108,109)124-27-42-52(58(122-20-15-117-9)72(133-42)100-34-89-48-66(100)93-73(82)94-67(48)102)137-143(112,146)127-29-44-53(57(121-19-14-116-8)71(132-44)97-24-37(4)61(79)92-76(97)105)138-142(111,145)125-25-40-49(101)54(118-16-11-113-5)68(129-40)99-33-88-47-63(81)84-31-86-65(47)99/h22-24,30-34,38-45,49-58,68-72,101H,10-21,25-29H2,1-9H3,(H,106,107)(H,108,109)(H,110,144)(H,111,145)(H,112,146)(H2,77,90,103)(H2,78,91,104)(H2,79,92,105)(H2,80,83,85)(H2,81,84,86)(H3,82,93,94,102)/t38-,39-,40-,41-,42-,43-,44-,45-,49+,50+,51+,52+,53+,54?,55?,56?,57?,58?,68-,69-,70-,71-,72-,141?,142?,143?/m1/s1. The highest BCUT2D eigenvalue weighted by atomic mass is 32.7. The SMILES string of the molecule is CC[C@H]1O[C@@H](n2cnc3c(N)ncnc32)C[C@H]1OP(O)(=S)OC[C@H]1O[C@@H](n2cc(C)c(N)nc2=O)C(OCCOC)[C@H]1OP(=O)(O)OC[C@H]1O[C@@H](n2cc(C)c(N)nc2=O)C(OCCOC)[C@H]1OP(=O)(O)OC[C@H]1O[C@@H](n2cnc3c(=O)[nH]c(N)nc32)C(OCCOC)[C@H]1OP(=O)(S)OC[C@H]1O[C@@H](n2cc(C)c(N)nc2=O)C(OCCOC)[C@H]1OP(O)(=S)OC[C@H]1O[C@@H](n2cnc3c(N)ncnc32)C(OCCOC)[C@H]1O. The average molecular weight is 2220 g/mol. The minimum absolute atomic E-state index is 0.0322. The van der Waals surface area contributed by atoms with Gasteiger partial charge in [-0.25, -0.2) is 63.0 Å². The van der Waals surface area contributed by atoms with Gasteiger partial charge in [-0.1, -0.05) is 19.2 Å². The summed E-state index contributed by atoms with van der Waals surface area (Å²) in [5.74, 6) is -0.871. The molecule has 18 N–H and O–H groups in total. The van der Waals surface area contributed by atoms with Crippen LogP contribution in [0.2, 0.25) is 0 Å². The van der Waals surface area contributed by atoms with E-state index >= 15 is 13.7 Å². The molecule has 806 valence electrons. The molecule has 70 heteroatoms. The first-order valence-corrected chi connectivity index (χ1v) is 55.5. The van der Waals surface area contributed by atoms with Crippen molar-refractivity contribution >= 4 is 140 Å². The lowest BCUT2D eigenvalue weighted by atomic mass is 10.1. The molecule has 6 saturated heterocycles. The van der Waals surface area contributed by atoms with Gasteiger partial charge in [-0.3, -0.25) is 68.8 Å². The van der Waals surface area contributed by atoms with Gasteiger partial charge in [0, 0.05) is 77.3 Å². The van der Waals surface area contributed by atoms with Crippen molar-refractivity contribution in [3.8, 4) is 0 Å². The number of ether oxygens (including phenoxy) is 16. The molecule has 10 unspecified atom stereocenters. The van der Waals surface area contributed by atoms with Gasteiger partial charge in [0.15, 0.2) is 65.2 Å². The highest BCUT2D eigenvalue weighted by Crippen LogP contribution is 2.60. The average Bonchev–Trinajstić information content (AvgIpc) is 1.61. The first-order chi connectivity index (χ1) is 69.6. The van der Waals surface area contributed by atoms with Gasteiger partial charge < -0.3 is 148 Å². The zero-order chi connectivity index (χ0) is 105. The molecular weight excluding hydrogens is 2110 g/mol. The number of hydrogen-bond acceptors (Lipinski definition) is 53. The number of aromatic amines is 1. The number of anilines is 6. The fraction of sp³-hybridized carbons (Fsp3) is 0.645. The molecule has 6 fully saturated rings. The maximum atomic E-state index is 15.7. The lowest BCUT2D eigenvalue weighted by Gasteiger charge is -2.30. The summed E-state index contributed by atoms with van der Waals surface area (Å²) in [6.45, 7) is -15.3. The summed E-state index contributed by atoms with van der Waals surface area (Å²) in [6.07, 6.45) is -26.0. The molecule has 6 aliphatic rings. The largest absolute Gasteiger partial charge is 0.472 e. The van der Waals surface area contributed by atoms with Crippen molar-refractivity contribution in [1.82, 2.24) is 87.2 Å². The summed E-state index contributed by atoms with van der Waals surface area (Å²) >= 11 is 15.8. The van der Waals surface area contributed by atoms with E-state index in [1.807, 2.05) is 0 Å². The van der Waals surface area contributed by atoms with Crippen LogP contribution in [0.25, 0.3) is 33.5 Å². The van der Waals surface area contributed by atoms with Gasteiger partial charge in [0.05, 0.1) is 130 Å². The molecule has 146 heavy (non-hydrogen) atoms. The number of aryl methyl sites for hydroxylation is 3. The van der Waals surface area contributed by atoms with Crippen LogP contribution in [-0.4, -0.2) is 350 Å². The van der Waals surface area contributed by atoms with Gasteiger partial charge in [0.2, 0.25) is 5.95 Å². The van der Waals surface area contributed by atoms with Gasteiger partial charge in [-0.2, -0.15) is 19.9 Å². The number of H-pyrrole nitrogens is 1. The third-order valence-electron chi connectivity index (χ3n) is 23.8. The summed E-state index contributed by atoms with van der Waals surface area (Å²) in [5, 5.41) is 11.9. The predicted molar refractivity (Wildman–Crippen MR) is 511 cm³/mol. The Morgan fingerprint density at radius 2 is 0.753 bits per heavy atom. The lowest BCUT2D eigenvalue weighted by Crippen LogP contribution is -2.41. The van der Waals surface area contributed by atoms with Gasteiger partial charge >= 0.3 is 52.9 Å². The van der Waals surface area contributed by atoms with Crippen molar-refractivity contribution in [2.45, 2.75) is 182 Å². The van der Waals surface area contributed by atoms with Crippen molar-refractivity contribution in [2.24, 2.45) is 0 Å². The second kappa shape index (κ2) is 48.3. The molecule has 0 saturated carbocycles. The zero-order valence-electron chi connectivity index (χ0n) is 79.2. The molecule has 0 spiro atoms. The Morgan fingerprint density at radius 1 is 0.404 bits per heavy atom. The topological polar surface area (TPSA) is 804 Å². The quantitative estimate of drug-likeness (QED) is 0.0128. The smallest absolute Gasteiger partial charge is 0.387 e. The maximum Gasteiger partial charge on any atom is 0.472 e. The predicted octanol–water partition coefficient (Wildman–Crippen LogP) is -0.627. The minimum Gasteiger partial charge on any atom is -0.387 e. The van der Waals surface area contributed by atoms with Crippen LogP contribution in [0.5, 0.6) is 0 Å². The molecule has 0 amide bonds. The summed E-state index contributed by atoms with van der Waals surface area (Å²) in [4.78, 5) is 153. The lowest BCUT2D eigenvalue weighted by molar-refractivity contribution is -0.0849. The van der Waals surface area contributed by atoms with E-state index in [4.69, 9.17) is 179 Å². The Hall–Kier alpha value is -8.01. The van der Waals surface area contributed by atoms with Gasteiger partial charge in [0.25, 0.3) is 5.56 Å². The number of aliphatic hydroxyl groups excluding tert-OH is 1. The van der Waals surface area contributed by atoms with Crippen LogP contribution in [0.3, 0.4) is 0 Å². The van der Waals surface area contributed by atoms with E-state index in [2.05, 4.69) is 72.1 Å². The number of nitrogens with zero attached hydrogens (tertiary/aromatic N) is 17. The van der Waals surface area contributed by atoms with Crippen LogP contribution in [0.4, 0.5) is 35.0 Å². The fourth-order valence-electron chi connectivity index (χ4n) is 16.8. The van der Waals surface area contributed by atoms with Gasteiger partial charge in [-0.15, -0.1) is 0 Å². The van der Waals surface area contributed by atoms with Crippen LogP contribution in [0, 0.1) is 20.8 Å². The molecule has 15 heterocycles. The number of imidazole rings is 3. The van der Waals surface area contributed by atoms with Gasteiger partial charge in [-0.05, 0) is 50.8 Å². The molecule has 0 aromatic carbocycles. The van der Waals surface area contributed by atoms with Crippen molar-refractivity contribution in [3.63, 3.8) is 0 Å². The number of nitrogen functional groups attached to an aromatic ring is 6. The molecule has 0 aliphatic carbocycles. The molecule has 0 radical (unpaired) electrons. The number of phosphoric acid groups is 2. The number of fused-ring (bicyclic) bond motifs is 3. The van der Waals surface area contributed by atoms with Crippen LogP contribution < -0.4 is 57.0 Å². The van der Waals surface area contributed by atoms with Crippen molar-refractivity contribution in [1.29, 1.82) is 0 Å². The summed E-state index contributed by atoms with van der Waals surface area (Å²) in [6, 6.07) is 0. The Morgan fingerprint density at radius 3 is 1.18 bits per heavy atom. The highest BCUT2D eigenvalue weighted by molar-refractivity contribution is 8.44. The second-order valence-corrected chi connectivity index (χ2v) is 44.7. The molecule has 9 aromatic heterocycles. The van der Waals surface area contributed by atoms with Crippen molar-refractivity contribution in [3.05, 3.63) is 109 Å². The molecule has 15 rings (SSSR count). The number of nitrogens with two attached hydrogens (primary N) is 6. The summed E-state index contributed by atoms with van der Waals surface area (Å²) in [5.41, 5.74) is 33.8. The molecule has 28 atom stereocenters. The number of aromatic nitrogens is 18. The Bertz CT molecular complexity index is 6570. The Labute approximate surface area is 842 Å². The van der Waals surface area contributed by atoms with E-state index in [9.17, 15) is 43.9 Å².